The molecule has 0 spiro atoms. The molecule has 0 heterocycles. The Labute approximate surface area is 602 Å². The van der Waals surface area contributed by atoms with Gasteiger partial charge in [0.05, 0.1) is 27.7 Å². The summed E-state index contributed by atoms with van der Waals surface area (Å²) in [6.07, 6.45) is 107. The average Bonchev–Trinajstić information content (AvgIpc) is 1.41. The summed E-state index contributed by atoms with van der Waals surface area (Å²) >= 11 is 0. The molecular weight excluding hydrogens is 1220 g/mol. The molecule has 0 aromatic carbocycles. The van der Waals surface area contributed by atoms with Gasteiger partial charge in [-0.05, 0) is 70.6 Å². The highest BCUT2D eigenvalue weighted by molar-refractivity contribution is 7.45. The number of phosphoric acid groups is 1. The Hall–Kier alpha value is -2.81. The van der Waals surface area contributed by atoms with Gasteiger partial charge in [-0.15, -0.1) is 0 Å². The molecule has 0 bridgehead atoms. The monoisotopic (exact) mass is 1380 g/mol. The van der Waals surface area contributed by atoms with Crippen LogP contribution in [-0.2, 0) is 32.7 Å². The molecule has 0 aliphatic rings. The molecule has 97 heavy (non-hydrogen) atoms. The summed E-state index contributed by atoms with van der Waals surface area (Å²) in [5, 5.41) is 0. The smallest absolute Gasteiger partial charge is 0.306 e. The van der Waals surface area contributed by atoms with Crippen molar-refractivity contribution in [3.63, 3.8) is 0 Å². The topological polar surface area (TPSA) is 111 Å². The molecule has 0 aliphatic carbocycles. The van der Waals surface area contributed by atoms with E-state index in [0.717, 1.165) is 83.5 Å². The predicted octanol–water partition coefficient (Wildman–Crippen LogP) is 27.4. The number of ether oxygens (including phenoxy) is 2. The first-order valence-corrected chi connectivity index (χ1v) is 43.3. The van der Waals surface area contributed by atoms with Crippen molar-refractivity contribution >= 4 is 19.8 Å². The normalized spacial score (nSPS) is 13.4. The number of unbranched alkanes of at least 4 members (excludes halogenated alkanes) is 50. The van der Waals surface area contributed by atoms with Crippen molar-refractivity contribution in [1.29, 1.82) is 0 Å². The number of hydrogen-bond acceptors (Lipinski definition) is 8. The molecule has 10 heteroatoms. The van der Waals surface area contributed by atoms with Crippen molar-refractivity contribution in [2.75, 3.05) is 47.5 Å². The highest BCUT2D eigenvalue weighted by Crippen LogP contribution is 2.38. The first-order valence-electron chi connectivity index (χ1n) is 41.8. The summed E-state index contributed by atoms with van der Waals surface area (Å²) in [5.41, 5.74) is 0. The van der Waals surface area contributed by atoms with Crippen molar-refractivity contribution in [2.45, 2.75) is 412 Å². The minimum atomic E-state index is -4.65. The Bertz CT molecular complexity index is 1910. The van der Waals surface area contributed by atoms with Crippen LogP contribution in [0.3, 0.4) is 0 Å². The largest absolute Gasteiger partial charge is 0.756 e. The van der Waals surface area contributed by atoms with E-state index in [-0.39, 0.29) is 32.0 Å². The Balaban J connectivity index is 3.92. The Morgan fingerprint density at radius 1 is 0.330 bits per heavy atom. The van der Waals surface area contributed by atoms with Crippen LogP contribution in [-0.4, -0.2) is 70.0 Å². The van der Waals surface area contributed by atoms with Gasteiger partial charge in [-0.3, -0.25) is 14.2 Å². The maximum Gasteiger partial charge on any atom is 0.306 e. The van der Waals surface area contributed by atoms with Crippen molar-refractivity contribution in [3.05, 3.63) is 85.1 Å². The Kier molecular flexibility index (Phi) is 75.1. The second kappa shape index (κ2) is 77.4. The number of phosphoric ester groups is 1. The number of quaternary nitrogens is 1. The molecule has 0 amide bonds. The molecule has 0 saturated carbocycles. The summed E-state index contributed by atoms with van der Waals surface area (Å²) in [5.74, 6) is -0.815. The van der Waals surface area contributed by atoms with Crippen molar-refractivity contribution in [2.24, 2.45) is 0 Å². The summed E-state index contributed by atoms with van der Waals surface area (Å²) in [6, 6.07) is 0. The van der Waals surface area contributed by atoms with Crippen LogP contribution in [0.2, 0.25) is 0 Å². The minimum absolute atomic E-state index is 0.0306. The van der Waals surface area contributed by atoms with Crippen LogP contribution in [0.4, 0.5) is 0 Å². The number of allylic oxidation sites excluding steroid dienone is 14. The third-order valence-corrected chi connectivity index (χ3v) is 19.6. The van der Waals surface area contributed by atoms with Crippen LogP contribution >= 0.6 is 7.82 Å². The number of rotatable bonds is 78. The summed E-state index contributed by atoms with van der Waals surface area (Å²) < 4.78 is 34.5. The zero-order valence-electron chi connectivity index (χ0n) is 64.8. The second-order valence-corrected chi connectivity index (χ2v) is 30.9. The van der Waals surface area contributed by atoms with E-state index >= 15 is 0 Å². The van der Waals surface area contributed by atoms with E-state index in [2.05, 4.69) is 98.9 Å². The van der Waals surface area contributed by atoms with E-state index in [1.54, 1.807) is 0 Å². The van der Waals surface area contributed by atoms with Gasteiger partial charge >= 0.3 is 11.9 Å². The SMILES string of the molecule is CC/C=C\C/C=C\C/C=C\C/C=C\C/C=C\C/C=C\C/C=C\CCCCCCCCCCCCCCCCCC(=O)OC(COC(=O)CCCCCCCCCCCCCCCCCCCCCCCCCCCCCCCCCCCCCC)COP(=O)([O-])OCC[N+](C)(C)C. The lowest BCUT2D eigenvalue weighted by Gasteiger charge is -2.28. The zero-order valence-corrected chi connectivity index (χ0v) is 65.7. The molecular formula is C87H160NO8P. The fraction of sp³-hybridized carbons (Fsp3) is 0.816. The maximum absolute atomic E-state index is 12.9. The molecule has 0 radical (unpaired) electrons. The molecule has 0 rings (SSSR count). The van der Waals surface area contributed by atoms with Crippen LogP contribution in [0.15, 0.2) is 85.1 Å². The molecule has 2 atom stereocenters. The highest BCUT2D eigenvalue weighted by Gasteiger charge is 2.22. The molecule has 0 fully saturated rings. The van der Waals surface area contributed by atoms with E-state index in [4.69, 9.17) is 18.5 Å². The van der Waals surface area contributed by atoms with Crippen molar-refractivity contribution in [3.8, 4) is 0 Å². The van der Waals surface area contributed by atoms with E-state index in [0.29, 0.717) is 17.4 Å². The molecule has 0 aliphatic heterocycles. The highest BCUT2D eigenvalue weighted by atomic mass is 31.2. The third kappa shape index (κ3) is 82.0. The number of nitrogens with zero attached hydrogens (tertiary/aromatic N) is 1. The van der Waals surface area contributed by atoms with Gasteiger partial charge in [0.25, 0.3) is 7.82 Å². The van der Waals surface area contributed by atoms with Crippen LogP contribution in [0.5, 0.6) is 0 Å². The van der Waals surface area contributed by atoms with E-state index < -0.39 is 26.5 Å². The molecule has 2 unspecified atom stereocenters. The molecule has 0 saturated heterocycles. The lowest BCUT2D eigenvalue weighted by Crippen LogP contribution is -2.37. The number of carbonyl (C=O) groups excluding carboxylic acids is 2. The molecule has 566 valence electrons. The number of hydrogen-bond donors (Lipinski definition) is 0. The Morgan fingerprint density at radius 3 is 0.876 bits per heavy atom. The second-order valence-electron chi connectivity index (χ2n) is 29.5. The number of carbonyl (C=O) groups is 2. The number of likely N-dealkylation sites (N-methyl/N-ethyl adjacent to an activating group) is 1. The predicted molar refractivity (Wildman–Crippen MR) is 420 cm³/mol. The molecule has 0 N–H and O–H groups in total. The summed E-state index contributed by atoms with van der Waals surface area (Å²) in [6.45, 7) is 4.19. The van der Waals surface area contributed by atoms with Gasteiger partial charge in [-0.1, -0.05) is 407 Å². The lowest BCUT2D eigenvalue weighted by molar-refractivity contribution is -0.870. The zero-order chi connectivity index (χ0) is 70.4. The van der Waals surface area contributed by atoms with Crippen molar-refractivity contribution in [1.82, 2.24) is 0 Å². The maximum atomic E-state index is 12.9. The average molecular weight is 1380 g/mol. The van der Waals surface area contributed by atoms with Crippen LogP contribution < -0.4 is 4.89 Å². The summed E-state index contributed by atoms with van der Waals surface area (Å²) in [7, 11) is 1.18. The third-order valence-electron chi connectivity index (χ3n) is 18.7. The van der Waals surface area contributed by atoms with Crippen LogP contribution in [0.25, 0.3) is 0 Å². The van der Waals surface area contributed by atoms with Gasteiger partial charge in [-0.25, -0.2) is 0 Å². The van der Waals surface area contributed by atoms with Crippen LogP contribution in [0, 0.1) is 0 Å². The Morgan fingerprint density at radius 2 is 0.588 bits per heavy atom. The first kappa shape index (κ1) is 94.2. The molecule has 9 nitrogen and oxygen atoms in total. The minimum Gasteiger partial charge on any atom is -0.756 e. The summed E-state index contributed by atoms with van der Waals surface area (Å²) in [4.78, 5) is 38.2. The fourth-order valence-corrected chi connectivity index (χ4v) is 13.1. The molecule has 0 aromatic heterocycles. The fourth-order valence-electron chi connectivity index (χ4n) is 12.4. The van der Waals surface area contributed by atoms with Gasteiger partial charge in [-0.2, -0.15) is 0 Å². The standard InChI is InChI=1S/C87H160NO8P/c1-6-8-10-12-14-16-18-20-22-24-26-28-30-32-34-36-38-40-42-44-46-48-50-52-54-56-58-60-62-64-66-68-70-72-74-76-78-80-87(90)96-85(84-95-97(91,92)94-82-81-88(3,4)5)83-93-86(89)79-77-75-73-71-69-67-65-63-61-59-57-55-53-51-49-47-45-43-41-39-37-35-33-31-29-27-25-23-21-19-17-15-13-11-9-7-2/h8,10,14,16,20,22,26,28,32,34,38,40,44,46,85H,6-7,9,11-13,15,17-19,21,23-25,27,29-31,33,35-37,39,41-43,45,47-84H2,1-5H3/b10-8-,16-14-,22-20-,28-26-,34-32-,40-38-,46-44-. The quantitative estimate of drug-likeness (QED) is 0.0195. The van der Waals surface area contributed by atoms with E-state index in [1.165, 1.54) is 289 Å². The van der Waals surface area contributed by atoms with E-state index in [1.807, 2.05) is 21.1 Å². The first-order chi connectivity index (χ1) is 47.5. The number of esters is 2. The molecule has 0 aromatic rings. The van der Waals surface area contributed by atoms with Gasteiger partial charge in [0.1, 0.15) is 19.8 Å². The van der Waals surface area contributed by atoms with Gasteiger partial charge in [0.15, 0.2) is 6.10 Å². The van der Waals surface area contributed by atoms with E-state index in [9.17, 15) is 19.0 Å². The lowest BCUT2D eigenvalue weighted by atomic mass is 10.0. The van der Waals surface area contributed by atoms with Gasteiger partial charge in [0, 0.05) is 12.8 Å². The van der Waals surface area contributed by atoms with Gasteiger partial charge < -0.3 is 27.9 Å². The van der Waals surface area contributed by atoms with Crippen LogP contribution in [0.1, 0.15) is 406 Å². The van der Waals surface area contributed by atoms with Gasteiger partial charge in [0.2, 0.25) is 0 Å². The van der Waals surface area contributed by atoms with Crippen molar-refractivity contribution < 1.29 is 42.1 Å².